The predicted octanol–water partition coefficient (Wildman–Crippen LogP) is 0.897. The maximum absolute atomic E-state index is 11.5. The predicted molar refractivity (Wildman–Crippen MR) is 68.5 cm³/mol. The third-order valence-corrected chi connectivity index (χ3v) is 3.05. The number of methoxy groups -OCH3 is 1. The molecule has 0 saturated heterocycles. The van der Waals surface area contributed by atoms with E-state index in [2.05, 4.69) is 14.6 Å². The van der Waals surface area contributed by atoms with Gasteiger partial charge in [-0.05, 0) is 24.6 Å². The molecule has 1 amide bonds. The first kappa shape index (κ1) is 14.8. The second-order valence-electron chi connectivity index (χ2n) is 3.46. The molecule has 9 heteroatoms. The number of benzene rings is 1. The first-order valence-corrected chi connectivity index (χ1v) is 6.54. The summed E-state index contributed by atoms with van der Waals surface area (Å²) in [7, 11) is -2.99. The Bertz CT molecular complexity index is 580. The van der Waals surface area contributed by atoms with Gasteiger partial charge in [0.25, 0.3) is 0 Å². The fraction of sp³-hybridized carbons (Fsp3) is 0.200. The van der Waals surface area contributed by atoms with Crippen LogP contribution in [0.5, 0.6) is 0 Å². The summed E-state index contributed by atoms with van der Waals surface area (Å²) in [6.45, 7) is 1.60. The van der Waals surface area contributed by atoms with Gasteiger partial charge in [0, 0.05) is 0 Å². The van der Waals surface area contributed by atoms with E-state index in [1.54, 1.807) is 23.8 Å². The molecule has 1 aromatic carbocycles. The van der Waals surface area contributed by atoms with E-state index in [0.717, 1.165) is 7.11 Å². The average molecular weight is 287 g/mol. The maximum atomic E-state index is 11.5. The molecule has 1 aromatic rings. The largest absolute Gasteiger partial charge is 0.452 e. The molecule has 0 unspecified atom stereocenters. The topological polar surface area (TPSA) is 117 Å². The van der Waals surface area contributed by atoms with Crippen LogP contribution in [0.25, 0.3) is 0 Å². The quantitative estimate of drug-likeness (QED) is 0.432. The van der Waals surface area contributed by atoms with E-state index < -0.39 is 16.3 Å². The first-order valence-electron chi connectivity index (χ1n) is 5.05. The molecule has 0 aromatic heterocycles. The molecule has 19 heavy (non-hydrogen) atoms. The van der Waals surface area contributed by atoms with Crippen molar-refractivity contribution in [2.45, 2.75) is 6.92 Å². The number of carbonyl (C=O) groups excluding carboxylic acids is 1. The van der Waals surface area contributed by atoms with Crippen molar-refractivity contribution in [1.82, 2.24) is 4.72 Å². The number of nitrogens with one attached hydrogen (secondary N) is 2. The van der Waals surface area contributed by atoms with Crippen LogP contribution in [-0.4, -0.2) is 32.5 Å². The van der Waals surface area contributed by atoms with Crippen molar-refractivity contribution in [3.8, 4) is 0 Å². The highest BCUT2D eigenvalue weighted by atomic mass is 32.2. The normalized spacial score (nSPS) is 11.8. The Morgan fingerprint density at radius 1 is 1.32 bits per heavy atom. The summed E-state index contributed by atoms with van der Waals surface area (Å²) in [5.74, 6) is 0. The van der Waals surface area contributed by atoms with Gasteiger partial charge in [-0.2, -0.15) is 8.42 Å². The van der Waals surface area contributed by atoms with E-state index in [4.69, 9.17) is 5.21 Å². The van der Waals surface area contributed by atoms with Gasteiger partial charge in [-0.25, -0.2) is 9.52 Å². The summed E-state index contributed by atoms with van der Waals surface area (Å²) in [5.41, 5.74) is 1.26. The van der Waals surface area contributed by atoms with Crippen molar-refractivity contribution in [1.29, 1.82) is 0 Å². The summed E-state index contributed by atoms with van der Waals surface area (Å²) in [4.78, 5) is 10.8. The molecule has 1 rings (SSSR count). The van der Waals surface area contributed by atoms with Gasteiger partial charge in [0.1, 0.15) is 0 Å². The lowest BCUT2D eigenvalue weighted by Crippen LogP contribution is -2.35. The Balaban J connectivity index is 2.81. The average Bonchev–Trinajstić information content (AvgIpc) is 2.37. The fourth-order valence-corrected chi connectivity index (χ4v) is 1.97. The van der Waals surface area contributed by atoms with Crippen molar-refractivity contribution in [2.24, 2.45) is 5.16 Å². The van der Waals surface area contributed by atoms with E-state index >= 15 is 0 Å². The molecule has 104 valence electrons. The number of anilines is 1. The number of carbonyl (C=O) groups is 1. The minimum Gasteiger partial charge on any atom is -0.452 e. The van der Waals surface area contributed by atoms with Crippen LogP contribution in [-0.2, 0) is 14.9 Å². The molecule has 0 aliphatic heterocycles. The number of amides is 1. The SMILES string of the molecule is COC(=O)NS(=O)(=O)Nc1ccc(/C(C)=N/O)cc1. The Morgan fingerprint density at radius 3 is 2.37 bits per heavy atom. The molecule has 0 fully saturated rings. The summed E-state index contributed by atoms with van der Waals surface area (Å²) >= 11 is 0. The maximum Gasteiger partial charge on any atom is 0.422 e. The Kier molecular flexibility index (Phi) is 4.70. The van der Waals surface area contributed by atoms with E-state index in [1.807, 2.05) is 0 Å². The van der Waals surface area contributed by atoms with Crippen LogP contribution in [0, 0.1) is 0 Å². The summed E-state index contributed by atoms with van der Waals surface area (Å²) in [6, 6.07) is 6.04. The van der Waals surface area contributed by atoms with Crippen LogP contribution < -0.4 is 9.44 Å². The van der Waals surface area contributed by atoms with Gasteiger partial charge < -0.3 is 9.94 Å². The molecule has 8 nitrogen and oxygen atoms in total. The highest BCUT2D eigenvalue weighted by Crippen LogP contribution is 2.11. The molecule has 0 bridgehead atoms. The van der Waals surface area contributed by atoms with E-state index in [9.17, 15) is 13.2 Å². The minimum absolute atomic E-state index is 0.242. The van der Waals surface area contributed by atoms with Crippen LogP contribution in [0.4, 0.5) is 10.5 Å². The molecule has 0 radical (unpaired) electrons. The van der Waals surface area contributed by atoms with Crippen LogP contribution in [0.15, 0.2) is 29.4 Å². The standard InChI is InChI=1S/C10H13N3O5S/c1-7(11-15)8-3-5-9(6-4-8)12-19(16,17)13-10(14)18-2/h3-6,12,15H,1-2H3,(H,13,14)/b11-7+. The molecular formula is C10H13N3O5S. The smallest absolute Gasteiger partial charge is 0.422 e. The molecule has 0 heterocycles. The molecule has 0 spiro atoms. The van der Waals surface area contributed by atoms with Gasteiger partial charge in [-0.15, -0.1) is 0 Å². The number of nitrogens with zero attached hydrogens (tertiary/aromatic N) is 1. The lowest BCUT2D eigenvalue weighted by molar-refractivity contribution is 0.177. The number of hydrogen-bond acceptors (Lipinski definition) is 6. The Hall–Kier alpha value is -2.29. The Labute approximate surface area is 110 Å². The second-order valence-corrected chi connectivity index (χ2v) is 4.88. The lowest BCUT2D eigenvalue weighted by atomic mass is 10.1. The molecular weight excluding hydrogens is 274 g/mol. The van der Waals surface area contributed by atoms with E-state index in [1.165, 1.54) is 12.1 Å². The third-order valence-electron chi connectivity index (χ3n) is 2.11. The number of ether oxygens (including phenoxy) is 1. The van der Waals surface area contributed by atoms with Gasteiger partial charge in [-0.1, -0.05) is 17.3 Å². The van der Waals surface area contributed by atoms with Crippen LogP contribution in [0.3, 0.4) is 0 Å². The second kappa shape index (κ2) is 6.05. The molecule has 0 atom stereocenters. The summed E-state index contributed by atoms with van der Waals surface area (Å²) in [5, 5.41) is 11.6. The van der Waals surface area contributed by atoms with Crippen molar-refractivity contribution in [3.63, 3.8) is 0 Å². The van der Waals surface area contributed by atoms with Gasteiger partial charge in [0.2, 0.25) is 0 Å². The van der Waals surface area contributed by atoms with Gasteiger partial charge in [0.05, 0.1) is 18.5 Å². The van der Waals surface area contributed by atoms with Gasteiger partial charge in [0.15, 0.2) is 0 Å². The van der Waals surface area contributed by atoms with Gasteiger partial charge in [-0.3, -0.25) is 4.72 Å². The molecule has 0 saturated carbocycles. The zero-order valence-electron chi connectivity index (χ0n) is 10.2. The molecule has 0 aliphatic carbocycles. The van der Waals surface area contributed by atoms with Crippen LogP contribution in [0.2, 0.25) is 0 Å². The monoisotopic (exact) mass is 287 g/mol. The molecule has 0 aliphatic rings. The Morgan fingerprint density at radius 2 is 1.89 bits per heavy atom. The minimum atomic E-state index is -4.04. The van der Waals surface area contributed by atoms with Crippen molar-refractivity contribution < 1.29 is 23.2 Å². The first-order chi connectivity index (χ1) is 8.88. The third kappa shape index (κ3) is 4.47. The van der Waals surface area contributed by atoms with Crippen LogP contribution >= 0.6 is 0 Å². The van der Waals surface area contributed by atoms with Crippen molar-refractivity contribution >= 4 is 27.7 Å². The highest BCUT2D eigenvalue weighted by Gasteiger charge is 2.14. The van der Waals surface area contributed by atoms with Crippen LogP contribution in [0.1, 0.15) is 12.5 Å². The highest BCUT2D eigenvalue weighted by molar-refractivity contribution is 7.91. The van der Waals surface area contributed by atoms with Crippen molar-refractivity contribution in [3.05, 3.63) is 29.8 Å². The van der Waals surface area contributed by atoms with E-state index in [-0.39, 0.29) is 5.69 Å². The zero-order chi connectivity index (χ0) is 14.5. The fourth-order valence-electron chi connectivity index (χ4n) is 1.17. The number of hydrogen-bond donors (Lipinski definition) is 3. The van der Waals surface area contributed by atoms with Gasteiger partial charge >= 0.3 is 16.3 Å². The summed E-state index contributed by atoms with van der Waals surface area (Å²) in [6.07, 6.45) is -1.09. The number of rotatable bonds is 4. The van der Waals surface area contributed by atoms with E-state index in [0.29, 0.717) is 11.3 Å². The zero-order valence-corrected chi connectivity index (χ0v) is 11.1. The summed E-state index contributed by atoms with van der Waals surface area (Å²) < 4.78 is 30.9. The number of oxime groups is 1. The lowest BCUT2D eigenvalue weighted by Gasteiger charge is -2.08. The van der Waals surface area contributed by atoms with Crippen molar-refractivity contribution in [2.75, 3.05) is 11.8 Å². The molecule has 3 N–H and O–H groups in total.